The molecule has 5 N–H and O–H groups in total. The van der Waals surface area contributed by atoms with Crippen LogP contribution in [0.4, 0.5) is 0 Å². The van der Waals surface area contributed by atoms with E-state index in [0.29, 0.717) is 0 Å². The molecule has 0 radical (unpaired) electrons. The van der Waals surface area contributed by atoms with Gasteiger partial charge >= 0.3 is 5.97 Å². The second-order valence-corrected chi connectivity index (χ2v) is 14.5. The molecule has 8 unspecified atom stereocenters. The summed E-state index contributed by atoms with van der Waals surface area (Å²) >= 11 is 0. The van der Waals surface area contributed by atoms with Crippen LogP contribution >= 0.6 is 0 Å². The summed E-state index contributed by atoms with van der Waals surface area (Å²) in [5.41, 5.74) is -3.30. The number of aliphatic hydroxyl groups excluding tert-OH is 2. The number of likely N-dealkylation sites (N-methyl/N-ethyl adjacent to an activating group) is 1. The molecule has 2 aliphatic heterocycles. The van der Waals surface area contributed by atoms with Crippen LogP contribution in [0.1, 0.15) is 101 Å². The maximum atomic E-state index is 13.9. The van der Waals surface area contributed by atoms with E-state index in [1.54, 1.807) is 13.8 Å². The van der Waals surface area contributed by atoms with E-state index in [4.69, 9.17) is 23.7 Å². The SMILES string of the molecule is COC(=O)[C@@H]1c2cc3c(c(O)c2[C@@H](OC2CC(N(C)C)C(OC4CC(O)C(O)C(C)O4)C(C)O2)C[C@]1(O)CC(C)=O)C(=O)c1c(O)cccc1C3=O. The Labute approximate surface area is 300 Å². The number of methoxy groups -OCH3 is 1. The van der Waals surface area contributed by atoms with Crippen LogP contribution in [0.2, 0.25) is 0 Å². The number of ether oxygens (including phenoxy) is 5. The van der Waals surface area contributed by atoms with E-state index in [0.717, 1.165) is 7.11 Å². The number of carbonyl (C=O) groups is 4. The van der Waals surface area contributed by atoms with Crippen molar-refractivity contribution in [3.05, 3.63) is 57.6 Å². The van der Waals surface area contributed by atoms with Crippen LogP contribution in [0.5, 0.6) is 11.5 Å². The van der Waals surface area contributed by atoms with Crippen molar-refractivity contribution >= 4 is 23.3 Å². The van der Waals surface area contributed by atoms with Gasteiger partial charge in [-0.15, -0.1) is 0 Å². The van der Waals surface area contributed by atoms with Gasteiger partial charge in [0.1, 0.15) is 35.4 Å². The first kappa shape index (κ1) is 37.9. The first-order chi connectivity index (χ1) is 24.5. The zero-order chi connectivity index (χ0) is 38.0. The van der Waals surface area contributed by atoms with Gasteiger partial charge in [-0.3, -0.25) is 19.2 Å². The number of fused-ring (bicyclic) bond motifs is 3. The van der Waals surface area contributed by atoms with Crippen molar-refractivity contribution in [3.8, 4) is 11.5 Å². The van der Waals surface area contributed by atoms with Crippen molar-refractivity contribution in [1.82, 2.24) is 4.90 Å². The molecule has 15 heteroatoms. The number of aromatic hydroxyl groups is 2. The highest BCUT2D eigenvalue weighted by Crippen LogP contribution is 2.54. The number of ketones is 3. The van der Waals surface area contributed by atoms with Gasteiger partial charge in [0.2, 0.25) is 5.78 Å². The molecular weight excluding hydrogens is 682 g/mol. The Morgan fingerprint density at radius 3 is 2.27 bits per heavy atom. The van der Waals surface area contributed by atoms with Gasteiger partial charge in [-0.05, 0) is 52.6 Å². The van der Waals surface area contributed by atoms with Gasteiger partial charge in [-0.2, -0.15) is 0 Å². The Hall–Kier alpha value is -3.80. The molecule has 2 heterocycles. The predicted molar refractivity (Wildman–Crippen MR) is 179 cm³/mol. The highest BCUT2D eigenvalue weighted by atomic mass is 16.7. The monoisotopic (exact) mass is 727 g/mol. The maximum absolute atomic E-state index is 13.9. The van der Waals surface area contributed by atoms with Gasteiger partial charge in [0.25, 0.3) is 0 Å². The number of benzene rings is 2. The molecule has 4 aliphatic rings. The minimum Gasteiger partial charge on any atom is -0.507 e. The number of esters is 1. The van der Waals surface area contributed by atoms with Crippen molar-refractivity contribution in [2.45, 2.75) is 113 Å². The first-order valence-corrected chi connectivity index (χ1v) is 17.2. The van der Waals surface area contributed by atoms with Gasteiger partial charge in [-0.25, -0.2) is 0 Å². The Bertz CT molecular complexity index is 1760. The Kier molecular flexibility index (Phi) is 10.4. The molecule has 2 saturated heterocycles. The number of phenolic OH excluding ortho intramolecular Hbond substituents is 2. The van der Waals surface area contributed by atoms with E-state index >= 15 is 0 Å². The van der Waals surface area contributed by atoms with E-state index in [1.807, 2.05) is 19.0 Å². The highest BCUT2D eigenvalue weighted by molar-refractivity contribution is 6.30. The molecule has 0 amide bonds. The van der Waals surface area contributed by atoms with E-state index in [-0.39, 0.29) is 46.7 Å². The standard InChI is InChI=1S/C37H45NO14/c1-15(39)13-37(47)14-24(51-25-11-21(38(4)5)35(17(3)50-25)52-26-12-23(41)31(42)16(2)49-26)28-19(30(37)36(46)48-6)10-20-29(34(28)45)33(44)27-18(32(20)43)8-7-9-22(27)40/h7-10,16-17,21,23-26,30-31,35,40-42,45,47H,11-14H2,1-6H3/t16?,17?,21?,23?,24-,25?,26?,30-,31?,35?,37+/m0/s1. The molecule has 2 aromatic carbocycles. The number of rotatable bonds is 8. The molecule has 0 saturated carbocycles. The first-order valence-electron chi connectivity index (χ1n) is 17.2. The summed E-state index contributed by atoms with van der Waals surface area (Å²) in [4.78, 5) is 55.5. The Morgan fingerprint density at radius 1 is 0.962 bits per heavy atom. The van der Waals surface area contributed by atoms with Crippen molar-refractivity contribution in [2.75, 3.05) is 21.2 Å². The van der Waals surface area contributed by atoms with Crippen molar-refractivity contribution in [1.29, 1.82) is 0 Å². The molecule has 52 heavy (non-hydrogen) atoms. The summed E-state index contributed by atoms with van der Waals surface area (Å²) in [6, 6.07) is 4.88. The number of carbonyl (C=O) groups excluding carboxylic acids is 4. The largest absolute Gasteiger partial charge is 0.507 e. The third kappa shape index (κ3) is 6.53. The van der Waals surface area contributed by atoms with E-state index < -0.39 is 114 Å². The van der Waals surface area contributed by atoms with Crippen molar-refractivity contribution in [2.24, 2.45) is 0 Å². The van der Waals surface area contributed by atoms with Gasteiger partial charge in [0, 0.05) is 48.4 Å². The summed E-state index contributed by atoms with van der Waals surface area (Å²) in [6.07, 6.45) is -7.86. The molecule has 15 nitrogen and oxygen atoms in total. The van der Waals surface area contributed by atoms with Crippen molar-refractivity contribution in [3.63, 3.8) is 0 Å². The van der Waals surface area contributed by atoms with Crippen LogP contribution in [0.3, 0.4) is 0 Å². The summed E-state index contributed by atoms with van der Waals surface area (Å²) in [5.74, 6) is -5.63. The lowest BCUT2D eigenvalue weighted by Gasteiger charge is -2.48. The third-order valence-corrected chi connectivity index (χ3v) is 10.7. The fourth-order valence-electron chi connectivity index (χ4n) is 8.23. The minimum atomic E-state index is -2.11. The topological polar surface area (TPSA) is 219 Å². The summed E-state index contributed by atoms with van der Waals surface area (Å²) in [5, 5.41) is 55.1. The van der Waals surface area contributed by atoms with Gasteiger partial charge in [0.05, 0.1) is 48.3 Å². The average Bonchev–Trinajstić information content (AvgIpc) is 3.05. The van der Waals surface area contributed by atoms with Crippen LogP contribution in [-0.2, 0) is 33.3 Å². The number of hydrogen-bond donors (Lipinski definition) is 5. The van der Waals surface area contributed by atoms with Gasteiger partial charge < -0.3 is 54.1 Å². The van der Waals surface area contributed by atoms with E-state index in [1.165, 1.54) is 31.2 Å². The van der Waals surface area contributed by atoms with Crippen LogP contribution in [0.15, 0.2) is 24.3 Å². The maximum Gasteiger partial charge on any atom is 0.316 e. The molecule has 2 aliphatic carbocycles. The zero-order valence-electron chi connectivity index (χ0n) is 29.8. The smallest absolute Gasteiger partial charge is 0.316 e. The van der Waals surface area contributed by atoms with Crippen LogP contribution in [0.25, 0.3) is 0 Å². The molecule has 11 atom stereocenters. The molecule has 2 aromatic rings. The molecule has 6 rings (SSSR count). The fraction of sp³-hybridized carbons (Fsp3) is 0.568. The van der Waals surface area contributed by atoms with Crippen LogP contribution < -0.4 is 0 Å². The normalized spacial score (nSPS) is 34.3. The number of phenols is 2. The van der Waals surface area contributed by atoms with Gasteiger partial charge in [0.15, 0.2) is 18.4 Å². The third-order valence-electron chi connectivity index (χ3n) is 10.7. The predicted octanol–water partition coefficient (Wildman–Crippen LogP) is 1.61. The molecular formula is C37H45NO14. The van der Waals surface area contributed by atoms with Gasteiger partial charge in [-0.1, -0.05) is 12.1 Å². The molecule has 0 spiro atoms. The fourth-order valence-corrected chi connectivity index (χ4v) is 8.23. The number of Topliss-reactive ketones (excluding diaryl/α,β-unsaturated/α-hetero) is 1. The lowest BCUT2D eigenvalue weighted by atomic mass is 9.66. The zero-order valence-corrected chi connectivity index (χ0v) is 29.8. The van der Waals surface area contributed by atoms with Crippen LogP contribution in [0, 0.1) is 0 Å². The van der Waals surface area contributed by atoms with E-state index in [9.17, 15) is 44.7 Å². The molecule has 0 bridgehead atoms. The average molecular weight is 728 g/mol. The quantitative estimate of drug-likeness (QED) is 0.208. The van der Waals surface area contributed by atoms with Crippen molar-refractivity contribution < 1.29 is 68.4 Å². The number of aliphatic hydroxyl groups is 3. The number of nitrogens with zero attached hydrogens (tertiary/aromatic N) is 1. The highest BCUT2D eigenvalue weighted by Gasteiger charge is 2.54. The second-order valence-electron chi connectivity index (χ2n) is 14.5. The Balaban J connectivity index is 1.40. The minimum absolute atomic E-state index is 0.0385. The molecule has 282 valence electrons. The van der Waals surface area contributed by atoms with E-state index in [2.05, 4.69) is 0 Å². The molecule has 2 fully saturated rings. The Morgan fingerprint density at radius 2 is 1.63 bits per heavy atom. The number of hydrogen-bond acceptors (Lipinski definition) is 15. The lowest BCUT2D eigenvalue weighted by Crippen LogP contribution is -2.57. The van der Waals surface area contributed by atoms with Crippen LogP contribution in [-0.4, -0.2) is 130 Å². The summed E-state index contributed by atoms with van der Waals surface area (Å²) < 4.78 is 30.0. The lowest BCUT2D eigenvalue weighted by molar-refractivity contribution is -0.310. The summed E-state index contributed by atoms with van der Waals surface area (Å²) in [7, 11) is 4.76. The summed E-state index contributed by atoms with van der Waals surface area (Å²) in [6.45, 7) is 4.64. The molecule has 0 aromatic heterocycles. The second kappa shape index (κ2) is 14.2.